The van der Waals surface area contributed by atoms with Crippen LogP contribution in [0.25, 0.3) is 10.8 Å². The average Bonchev–Trinajstić information content (AvgIpc) is 2.19. The van der Waals surface area contributed by atoms with Crippen LogP contribution in [0.15, 0.2) is 42.5 Å². The Kier molecular flexibility index (Phi) is 4.54. The molecule has 0 radical (unpaired) electrons. The molecule has 0 aromatic heterocycles. The van der Waals surface area contributed by atoms with E-state index >= 15 is 0 Å². The van der Waals surface area contributed by atoms with Gasteiger partial charge in [0.2, 0.25) is 0 Å². The molecule has 0 saturated heterocycles. The van der Waals surface area contributed by atoms with Crippen LogP contribution in [-0.4, -0.2) is 5.75 Å². The fourth-order valence-corrected chi connectivity index (χ4v) is 1.31. The Balaban J connectivity index is 0.000000293. The normalized spacial score (nSPS) is 9.36. The van der Waals surface area contributed by atoms with Gasteiger partial charge >= 0.3 is 0 Å². The molecule has 1 heteroatoms. The Labute approximate surface area is 91.4 Å². The van der Waals surface area contributed by atoms with E-state index < -0.39 is 0 Å². The van der Waals surface area contributed by atoms with Crippen LogP contribution in [0.5, 0.6) is 0 Å². The Hall–Kier alpha value is -0.950. The SMILES string of the molecule is CCS.Cc1ccc2ccccc2c1. The monoisotopic (exact) mass is 204 g/mol. The van der Waals surface area contributed by atoms with Crippen molar-refractivity contribution < 1.29 is 0 Å². The van der Waals surface area contributed by atoms with Crippen LogP contribution in [-0.2, 0) is 0 Å². The van der Waals surface area contributed by atoms with Crippen LogP contribution < -0.4 is 0 Å². The maximum Gasteiger partial charge on any atom is -0.0126 e. The molecule has 2 rings (SSSR count). The molecule has 0 spiro atoms. The number of rotatable bonds is 0. The summed E-state index contributed by atoms with van der Waals surface area (Å²) in [5.41, 5.74) is 1.32. The van der Waals surface area contributed by atoms with E-state index in [1.54, 1.807) is 0 Å². The number of benzene rings is 2. The van der Waals surface area contributed by atoms with Gasteiger partial charge in [-0.15, -0.1) is 0 Å². The quantitative estimate of drug-likeness (QED) is 0.614. The first-order valence-electron chi connectivity index (χ1n) is 4.84. The topological polar surface area (TPSA) is 0 Å². The molecule has 0 unspecified atom stereocenters. The van der Waals surface area contributed by atoms with Gasteiger partial charge in [0.05, 0.1) is 0 Å². The summed E-state index contributed by atoms with van der Waals surface area (Å²) in [5.74, 6) is 0.944. The molecule has 0 bridgehead atoms. The highest BCUT2D eigenvalue weighted by molar-refractivity contribution is 7.80. The predicted octanol–water partition coefficient (Wildman–Crippen LogP) is 4.08. The molecule has 0 heterocycles. The van der Waals surface area contributed by atoms with Crippen LogP contribution in [0.3, 0.4) is 0 Å². The first-order valence-corrected chi connectivity index (χ1v) is 5.47. The highest BCUT2D eigenvalue weighted by Gasteiger charge is 1.89. The summed E-state index contributed by atoms with van der Waals surface area (Å²) in [6, 6.07) is 14.9. The van der Waals surface area contributed by atoms with E-state index in [1.807, 2.05) is 6.92 Å². The van der Waals surface area contributed by atoms with Gasteiger partial charge < -0.3 is 0 Å². The lowest BCUT2D eigenvalue weighted by Crippen LogP contribution is -1.73. The summed E-state index contributed by atoms with van der Waals surface area (Å²) < 4.78 is 0. The second kappa shape index (κ2) is 5.71. The number of aryl methyl sites for hydroxylation is 1. The molecule has 2 aromatic carbocycles. The summed E-state index contributed by atoms with van der Waals surface area (Å²) in [6.07, 6.45) is 0. The molecule has 0 atom stereocenters. The highest BCUT2D eigenvalue weighted by atomic mass is 32.1. The fourth-order valence-electron chi connectivity index (χ4n) is 1.31. The number of hydrogen-bond acceptors (Lipinski definition) is 1. The summed E-state index contributed by atoms with van der Waals surface area (Å²) >= 11 is 3.79. The third kappa shape index (κ3) is 3.08. The zero-order valence-corrected chi connectivity index (χ0v) is 9.59. The van der Waals surface area contributed by atoms with Crippen molar-refractivity contribution in [2.24, 2.45) is 0 Å². The zero-order valence-electron chi connectivity index (χ0n) is 8.70. The molecule has 0 fully saturated rings. The van der Waals surface area contributed by atoms with Crippen molar-refractivity contribution in [2.75, 3.05) is 5.75 Å². The molecule has 0 saturated carbocycles. The van der Waals surface area contributed by atoms with Crippen LogP contribution in [0.2, 0.25) is 0 Å². The van der Waals surface area contributed by atoms with Gasteiger partial charge in [0, 0.05) is 0 Å². The second-order valence-corrected chi connectivity index (χ2v) is 3.80. The smallest absolute Gasteiger partial charge is 0.0126 e. The van der Waals surface area contributed by atoms with Crippen LogP contribution in [0, 0.1) is 6.92 Å². The van der Waals surface area contributed by atoms with Crippen molar-refractivity contribution in [3.8, 4) is 0 Å². The van der Waals surface area contributed by atoms with Gasteiger partial charge in [0.1, 0.15) is 0 Å². The summed E-state index contributed by atoms with van der Waals surface area (Å²) in [6.45, 7) is 4.11. The van der Waals surface area contributed by atoms with Crippen molar-refractivity contribution in [3.05, 3.63) is 48.0 Å². The van der Waals surface area contributed by atoms with Gasteiger partial charge in [0.15, 0.2) is 0 Å². The molecule has 0 aliphatic carbocycles. The first kappa shape index (κ1) is 11.1. The summed E-state index contributed by atoms with van der Waals surface area (Å²) in [7, 11) is 0. The third-order valence-corrected chi connectivity index (χ3v) is 1.90. The van der Waals surface area contributed by atoms with Gasteiger partial charge in [-0.25, -0.2) is 0 Å². The Morgan fingerprint density at radius 3 is 2.21 bits per heavy atom. The number of hydrogen-bond donors (Lipinski definition) is 1. The molecule has 14 heavy (non-hydrogen) atoms. The summed E-state index contributed by atoms with van der Waals surface area (Å²) in [4.78, 5) is 0. The minimum atomic E-state index is 0.944. The molecule has 0 amide bonds. The van der Waals surface area contributed by atoms with E-state index in [1.165, 1.54) is 16.3 Å². The standard InChI is InChI=1S/C11H10.C2H6S/c1-9-6-7-10-4-2-3-5-11(10)8-9;1-2-3/h2-8H,1H3;3H,2H2,1H3. The lowest BCUT2D eigenvalue weighted by Gasteiger charge is -1.96. The molecular formula is C13H16S. The molecule has 0 N–H and O–H groups in total. The molecular weight excluding hydrogens is 188 g/mol. The molecule has 0 aliphatic rings. The van der Waals surface area contributed by atoms with Gasteiger partial charge in [-0.1, -0.05) is 55.0 Å². The van der Waals surface area contributed by atoms with Crippen LogP contribution in [0.4, 0.5) is 0 Å². The van der Waals surface area contributed by atoms with E-state index in [2.05, 4.69) is 62.0 Å². The van der Waals surface area contributed by atoms with Crippen molar-refractivity contribution >= 4 is 23.4 Å². The van der Waals surface area contributed by atoms with E-state index in [4.69, 9.17) is 0 Å². The van der Waals surface area contributed by atoms with Crippen molar-refractivity contribution in [1.82, 2.24) is 0 Å². The van der Waals surface area contributed by atoms with E-state index in [0.717, 1.165) is 5.75 Å². The largest absolute Gasteiger partial charge is 0.180 e. The number of thiol groups is 1. The molecule has 0 nitrogen and oxygen atoms in total. The van der Waals surface area contributed by atoms with E-state index in [9.17, 15) is 0 Å². The molecule has 0 aliphatic heterocycles. The minimum absolute atomic E-state index is 0.944. The number of fused-ring (bicyclic) bond motifs is 1. The average molecular weight is 204 g/mol. The van der Waals surface area contributed by atoms with Gasteiger partial charge in [-0.05, 0) is 23.4 Å². The maximum absolute atomic E-state index is 3.79. The van der Waals surface area contributed by atoms with Crippen LogP contribution >= 0.6 is 12.6 Å². The van der Waals surface area contributed by atoms with Crippen molar-refractivity contribution in [3.63, 3.8) is 0 Å². The highest BCUT2D eigenvalue weighted by Crippen LogP contribution is 2.14. The lowest BCUT2D eigenvalue weighted by molar-refractivity contribution is 1.51. The first-order chi connectivity index (χ1) is 6.77. The van der Waals surface area contributed by atoms with Crippen molar-refractivity contribution in [1.29, 1.82) is 0 Å². The molecule has 2 aromatic rings. The van der Waals surface area contributed by atoms with Gasteiger partial charge in [0.25, 0.3) is 0 Å². The second-order valence-electron chi connectivity index (χ2n) is 3.17. The Bertz CT molecular complexity index is 393. The van der Waals surface area contributed by atoms with Crippen molar-refractivity contribution in [2.45, 2.75) is 13.8 Å². The van der Waals surface area contributed by atoms with Crippen LogP contribution in [0.1, 0.15) is 12.5 Å². The van der Waals surface area contributed by atoms with Gasteiger partial charge in [-0.2, -0.15) is 12.6 Å². The Morgan fingerprint density at radius 2 is 1.57 bits per heavy atom. The van der Waals surface area contributed by atoms with Gasteiger partial charge in [-0.3, -0.25) is 0 Å². The molecule has 74 valence electrons. The van der Waals surface area contributed by atoms with E-state index in [-0.39, 0.29) is 0 Å². The Morgan fingerprint density at radius 1 is 1.00 bits per heavy atom. The maximum atomic E-state index is 3.79. The lowest BCUT2D eigenvalue weighted by atomic mass is 10.1. The summed E-state index contributed by atoms with van der Waals surface area (Å²) in [5, 5.41) is 2.64. The minimum Gasteiger partial charge on any atom is -0.180 e. The van der Waals surface area contributed by atoms with E-state index in [0.29, 0.717) is 0 Å². The third-order valence-electron chi connectivity index (χ3n) is 1.90. The zero-order chi connectivity index (χ0) is 10.4. The fraction of sp³-hybridized carbons (Fsp3) is 0.231. The predicted molar refractivity (Wildman–Crippen MR) is 68.2 cm³/mol.